The van der Waals surface area contributed by atoms with Crippen molar-refractivity contribution >= 4 is 24.1 Å². The molecule has 3 N–H and O–H groups in total. The van der Waals surface area contributed by atoms with Gasteiger partial charge in [0.15, 0.2) is 0 Å². The van der Waals surface area contributed by atoms with Crippen LogP contribution in [0, 0.1) is 0 Å². The lowest BCUT2D eigenvalue weighted by Gasteiger charge is -2.11. The van der Waals surface area contributed by atoms with Crippen molar-refractivity contribution in [3.05, 3.63) is 29.8 Å². The van der Waals surface area contributed by atoms with Gasteiger partial charge in [-0.1, -0.05) is 6.92 Å². The second-order valence-electron chi connectivity index (χ2n) is 4.02. The van der Waals surface area contributed by atoms with Crippen molar-refractivity contribution in [1.29, 1.82) is 0 Å². The molecule has 0 saturated heterocycles. The predicted molar refractivity (Wildman–Crippen MR) is 76.1 cm³/mol. The lowest BCUT2D eigenvalue weighted by atomic mass is 10.2. The molecule has 0 aromatic heterocycles. The Bertz CT molecular complexity index is 355. The van der Waals surface area contributed by atoms with Gasteiger partial charge in [-0.25, -0.2) is 4.79 Å². The van der Waals surface area contributed by atoms with Gasteiger partial charge in [0.25, 0.3) is 0 Å². The highest BCUT2D eigenvalue weighted by Crippen LogP contribution is 2.06. The molecule has 0 heterocycles. The number of ether oxygens (including phenoxy) is 1. The fourth-order valence-corrected chi connectivity index (χ4v) is 1.30. The molecular weight excluding hydrogens is 252 g/mol. The molecule has 102 valence electrons. The van der Waals surface area contributed by atoms with Crippen LogP contribution in [-0.2, 0) is 4.74 Å². The first-order valence-corrected chi connectivity index (χ1v) is 5.89. The smallest absolute Gasteiger partial charge is 0.338 e. The van der Waals surface area contributed by atoms with Crippen molar-refractivity contribution in [2.24, 2.45) is 0 Å². The van der Waals surface area contributed by atoms with Crippen LogP contribution in [0.15, 0.2) is 24.3 Å². The van der Waals surface area contributed by atoms with Crippen LogP contribution in [0.3, 0.4) is 0 Å². The summed E-state index contributed by atoms with van der Waals surface area (Å²) >= 11 is 0. The van der Waals surface area contributed by atoms with Crippen LogP contribution in [-0.4, -0.2) is 25.2 Å². The summed E-state index contributed by atoms with van der Waals surface area (Å²) in [7, 11) is 0. The van der Waals surface area contributed by atoms with Crippen LogP contribution in [0.1, 0.15) is 30.6 Å². The van der Waals surface area contributed by atoms with Gasteiger partial charge in [-0.15, -0.1) is 12.4 Å². The van der Waals surface area contributed by atoms with Crippen molar-refractivity contribution in [2.75, 3.05) is 18.9 Å². The molecular formula is C13H21ClN2O2. The van der Waals surface area contributed by atoms with E-state index in [0.717, 1.165) is 6.42 Å². The highest BCUT2D eigenvalue weighted by Gasteiger charge is 2.06. The lowest BCUT2D eigenvalue weighted by molar-refractivity contribution is 0.0506. The minimum absolute atomic E-state index is 0. The molecule has 0 amide bonds. The largest absolute Gasteiger partial charge is 0.461 e. The minimum atomic E-state index is -0.309. The Balaban J connectivity index is 0.00000289. The molecule has 0 saturated carbocycles. The molecule has 18 heavy (non-hydrogen) atoms. The summed E-state index contributed by atoms with van der Waals surface area (Å²) in [5.74, 6) is -0.309. The van der Waals surface area contributed by atoms with Gasteiger partial charge >= 0.3 is 5.97 Å². The third kappa shape index (κ3) is 5.89. The summed E-state index contributed by atoms with van der Waals surface area (Å²) < 4.78 is 5.12. The zero-order valence-electron chi connectivity index (χ0n) is 10.8. The number of hydrogen-bond donors (Lipinski definition) is 2. The molecule has 1 aromatic rings. The molecule has 0 fully saturated rings. The van der Waals surface area contributed by atoms with Crippen molar-refractivity contribution in [1.82, 2.24) is 5.32 Å². The second kappa shape index (κ2) is 8.78. The van der Waals surface area contributed by atoms with E-state index in [9.17, 15) is 4.79 Å². The van der Waals surface area contributed by atoms with Crippen LogP contribution >= 0.6 is 12.4 Å². The first kappa shape index (κ1) is 16.7. The van der Waals surface area contributed by atoms with Gasteiger partial charge in [0.05, 0.1) is 5.56 Å². The van der Waals surface area contributed by atoms with Crippen LogP contribution in [0.4, 0.5) is 5.69 Å². The van der Waals surface area contributed by atoms with Crippen molar-refractivity contribution in [2.45, 2.75) is 26.3 Å². The molecule has 1 unspecified atom stereocenters. The molecule has 0 radical (unpaired) electrons. The van der Waals surface area contributed by atoms with E-state index in [2.05, 4.69) is 19.2 Å². The fourth-order valence-electron chi connectivity index (χ4n) is 1.30. The standard InChI is InChI=1S/C13H20N2O2.ClH/c1-3-10(2)15-8-9-17-13(16)11-4-6-12(14)7-5-11;/h4-7,10,15H,3,8-9,14H2,1-2H3;1H. The SMILES string of the molecule is CCC(C)NCCOC(=O)c1ccc(N)cc1.Cl. The lowest BCUT2D eigenvalue weighted by Crippen LogP contribution is -2.29. The Hall–Kier alpha value is -1.26. The highest BCUT2D eigenvalue weighted by atomic mass is 35.5. The van der Waals surface area contributed by atoms with Gasteiger partial charge < -0.3 is 15.8 Å². The molecule has 5 heteroatoms. The monoisotopic (exact) mass is 272 g/mol. The maximum Gasteiger partial charge on any atom is 0.338 e. The van der Waals surface area contributed by atoms with Crippen molar-refractivity contribution in [3.63, 3.8) is 0 Å². The van der Waals surface area contributed by atoms with Gasteiger partial charge in [-0.2, -0.15) is 0 Å². The second-order valence-corrected chi connectivity index (χ2v) is 4.02. The quantitative estimate of drug-likeness (QED) is 0.474. The number of hydrogen-bond acceptors (Lipinski definition) is 4. The number of nitrogens with one attached hydrogen (secondary N) is 1. The van der Waals surface area contributed by atoms with Crippen molar-refractivity contribution < 1.29 is 9.53 Å². The van der Waals surface area contributed by atoms with Crippen LogP contribution in [0.25, 0.3) is 0 Å². The molecule has 0 spiro atoms. The molecule has 0 aliphatic heterocycles. The maximum absolute atomic E-state index is 11.6. The Morgan fingerprint density at radius 1 is 1.39 bits per heavy atom. The van der Waals surface area contributed by atoms with Gasteiger partial charge in [-0.3, -0.25) is 0 Å². The topological polar surface area (TPSA) is 64.3 Å². The zero-order valence-corrected chi connectivity index (χ0v) is 11.6. The number of halogens is 1. The van der Waals surface area contributed by atoms with E-state index in [4.69, 9.17) is 10.5 Å². The number of carbonyl (C=O) groups excluding carboxylic acids is 1. The van der Waals surface area contributed by atoms with Gasteiger partial charge in [0.2, 0.25) is 0 Å². The average Bonchev–Trinajstić information content (AvgIpc) is 2.34. The number of benzene rings is 1. The molecule has 0 aliphatic carbocycles. The van der Waals surface area contributed by atoms with Gasteiger partial charge in [0, 0.05) is 18.3 Å². The molecule has 4 nitrogen and oxygen atoms in total. The fraction of sp³-hybridized carbons (Fsp3) is 0.462. The average molecular weight is 273 g/mol. The Kier molecular flexibility index (Phi) is 8.16. The van der Waals surface area contributed by atoms with E-state index < -0.39 is 0 Å². The summed E-state index contributed by atoms with van der Waals surface area (Å²) in [5.41, 5.74) is 6.70. The van der Waals surface area contributed by atoms with E-state index in [-0.39, 0.29) is 18.4 Å². The third-order valence-corrected chi connectivity index (χ3v) is 2.59. The Morgan fingerprint density at radius 2 is 2.00 bits per heavy atom. The number of rotatable bonds is 6. The first-order chi connectivity index (χ1) is 8.13. The molecule has 0 bridgehead atoms. The summed E-state index contributed by atoms with van der Waals surface area (Å²) in [5, 5.41) is 3.25. The molecule has 0 aliphatic rings. The number of carbonyl (C=O) groups is 1. The Morgan fingerprint density at radius 3 is 2.56 bits per heavy atom. The van der Waals surface area contributed by atoms with Gasteiger partial charge in [0.1, 0.15) is 6.61 Å². The van der Waals surface area contributed by atoms with E-state index in [1.165, 1.54) is 0 Å². The molecule has 1 atom stereocenters. The normalized spacial score (nSPS) is 11.4. The van der Waals surface area contributed by atoms with Crippen LogP contribution in [0.5, 0.6) is 0 Å². The predicted octanol–water partition coefficient (Wildman–Crippen LogP) is 2.24. The summed E-state index contributed by atoms with van der Waals surface area (Å²) in [6.07, 6.45) is 1.06. The number of anilines is 1. The van der Waals surface area contributed by atoms with E-state index >= 15 is 0 Å². The number of esters is 1. The number of nitrogens with two attached hydrogens (primary N) is 1. The van der Waals surface area contributed by atoms with E-state index in [0.29, 0.717) is 30.4 Å². The van der Waals surface area contributed by atoms with Crippen LogP contribution < -0.4 is 11.1 Å². The van der Waals surface area contributed by atoms with E-state index in [1.54, 1.807) is 24.3 Å². The van der Waals surface area contributed by atoms with E-state index in [1.807, 2.05) is 0 Å². The summed E-state index contributed by atoms with van der Waals surface area (Å²) in [4.78, 5) is 11.6. The van der Waals surface area contributed by atoms with Crippen LogP contribution in [0.2, 0.25) is 0 Å². The highest BCUT2D eigenvalue weighted by molar-refractivity contribution is 5.89. The molecule has 1 rings (SSSR count). The maximum atomic E-state index is 11.6. The summed E-state index contributed by atoms with van der Waals surface area (Å²) in [6.45, 7) is 5.27. The third-order valence-electron chi connectivity index (χ3n) is 2.59. The van der Waals surface area contributed by atoms with Gasteiger partial charge in [-0.05, 0) is 37.6 Å². The minimum Gasteiger partial charge on any atom is -0.461 e. The Labute approximate surface area is 114 Å². The van der Waals surface area contributed by atoms with Crippen molar-refractivity contribution in [3.8, 4) is 0 Å². The summed E-state index contributed by atoms with van der Waals surface area (Å²) in [6, 6.07) is 7.16. The molecule has 1 aromatic carbocycles. The number of nitrogen functional groups attached to an aromatic ring is 1. The first-order valence-electron chi connectivity index (χ1n) is 5.89. The zero-order chi connectivity index (χ0) is 12.7.